The Labute approximate surface area is 98.3 Å². The predicted molar refractivity (Wildman–Crippen MR) is 67.5 cm³/mol. The van der Waals surface area contributed by atoms with Gasteiger partial charge in [0.1, 0.15) is 11.2 Å². The number of anilines is 1. The second kappa shape index (κ2) is 4.57. The van der Waals surface area contributed by atoms with E-state index in [4.69, 9.17) is 5.73 Å². The Kier molecular flexibility index (Phi) is 3.14. The summed E-state index contributed by atoms with van der Waals surface area (Å²) in [5.74, 6) is 0.743. The van der Waals surface area contributed by atoms with Crippen molar-refractivity contribution in [1.82, 2.24) is 5.32 Å². The van der Waals surface area contributed by atoms with Gasteiger partial charge in [-0.05, 0) is 12.1 Å². The lowest BCUT2D eigenvalue weighted by atomic mass is 10.2. The number of rotatable bonds is 2. The molecule has 84 valence electrons. The van der Waals surface area contributed by atoms with Gasteiger partial charge in [-0.25, -0.2) is 0 Å². The molecule has 2 rings (SSSR count). The highest BCUT2D eigenvalue weighted by molar-refractivity contribution is 8.14. The van der Waals surface area contributed by atoms with Crippen molar-refractivity contribution in [2.24, 2.45) is 4.99 Å². The zero-order valence-corrected chi connectivity index (χ0v) is 9.75. The van der Waals surface area contributed by atoms with Crippen LogP contribution in [0.3, 0.4) is 0 Å². The number of aliphatic imine (C=N–C) groups is 1. The third-order valence-corrected chi connectivity index (χ3v) is 3.28. The first-order valence-electron chi connectivity index (χ1n) is 4.99. The highest BCUT2D eigenvalue weighted by atomic mass is 32.2. The van der Waals surface area contributed by atoms with Crippen molar-refractivity contribution in [3.63, 3.8) is 0 Å². The van der Waals surface area contributed by atoms with Crippen LogP contribution in [0.4, 0.5) is 5.69 Å². The molecule has 1 aromatic rings. The maximum absolute atomic E-state index is 10.9. The summed E-state index contributed by atoms with van der Waals surface area (Å²) in [6.45, 7) is 1.50. The van der Waals surface area contributed by atoms with Crippen LogP contribution in [0.2, 0.25) is 0 Å². The highest BCUT2D eigenvalue weighted by Crippen LogP contribution is 2.22. The van der Waals surface area contributed by atoms with E-state index in [2.05, 4.69) is 10.3 Å². The smallest absolute Gasteiger partial charge is 0.218 e. The molecule has 0 saturated heterocycles. The molecule has 1 unspecified atom stereocenters. The fraction of sp³-hybridized carbons (Fsp3) is 0.273. The van der Waals surface area contributed by atoms with Gasteiger partial charge >= 0.3 is 0 Å². The van der Waals surface area contributed by atoms with Crippen LogP contribution in [-0.2, 0) is 4.79 Å². The van der Waals surface area contributed by atoms with Gasteiger partial charge in [0.15, 0.2) is 0 Å². The van der Waals surface area contributed by atoms with E-state index in [1.165, 1.54) is 6.92 Å². The van der Waals surface area contributed by atoms with E-state index in [0.29, 0.717) is 0 Å². The molecule has 1 aromatic carbocycles. The van der Waals surface area contributed by atoms with Gasteiger partial charge < -0.3 is 11.1 Å². The molecule has 4 nitrogen and oxygen atoms in total. The normalized spacial score (nSPS) is 19.3. The number of amides is 1. The van der Waals surface area contributed by atoms with Crippen LogP contribution in [0, 0.1) is 0 Å². The van der Waals surface area contributed by atoms with Crippen molar-refractivity contribution in [2.75, 3.05) is 11.5 Å². The molecular weight excluding hydrogens is 222 g/mol. The van der Waals surface area contributed by atoms with E-state index in [1.54, 1.807) is 11.8 Å². The average molecular weight is 235 g/mol. The zero-order valence-electron chi connectivity index (χ0n) is 8.93. The Morgan fingerprint density at radius 2 is 2.19 bits per heavy atom. The molecule has 5 heteroatoms. The Morgan fingerprint density at radius 3 is 2.81 bits per heavy atom. The minimum atomic E-state index is -0.102. The van der Waals surface area contributed by atoms with Crippen LogP contribution in [0.5, 0.6) is 0 Å². The van der Waals surface area contributed by atoms with Crippen molar-refractivity contribution in [3.8, 4) is 0 Å². The van der Waals surface area contributed by atoms with E-state index in [0.717, 1.165) is 22.0 Å². The van der Waals surface area contributed by atoms with Gasteiger partial charge in [0.05, 0.1) is 0 Å². The van der Waals surface area contributed by atoms with Gasteiger partial charge in [0.2, 0.25) is 5.91 Å². The van der Waals surface area contributed by atoms with Crippen LogP contribution >= 0.6 is 11.8 Å². The number of carbonyl (C=O) groups excluding carboxylic acids is 1. The first kappa shape index (κ1) is 11.0. The second-order valence-corrected chi connectivity index (χ2v) is 4.59. The molecule has 16 heavy (non-hydrogen) atoms. The molecule has 1 amide bonds. The maximum atomic E-state index is 10.9. The lowest BCUT2D eigenvalue weighted by Gasteiger charge is -2.04. The molecule has 1 aliphatic rings. The number of nitrogens with one attached hydrogen (secondary N) is 1. The van der Waals surface area contributed by atoms with E-state index in [9.17, 15) is 4.79 Å². The van der Waals surface area contributed by atoms with Gasteiger partial charge in [0, 0.05) is 23.9 Å². The van der Waals surface area contributed by atoms with Crippen LogP contribution in [0.15, 0.2) is 29.3 Å². The number of carbonyl (C=O) groups is 1. The first-order chi connectivity index (χ1) is 7.65. The molecule has 0 saturated carbocycles. The second-order valence-electron chi connectivity index (χ2n) is 3.58. The molecule has 0 spiro atoms. The Bertz CT molecular complexity index is 427. The molecule has 1 atom stereocenters. The molecule has 0 aromatic heterocycles. The van der Waals surface area contributed by atoms with Gasteiger partial charge in [0.25, 0.3) is 0 Å². The molecule has 0 radical (unpaired) electrons. The van der Waals surface area contributed by atoms with Crippen molar-refractivity contribution < 1.29 is 4.79 Å². The topological polar surface area (TPSA) is 67.5 Å². The minimum absolute atomic E-state index is 0.0482. The summed E-state index contributed by atoms with van der Waals surface area (Å²) in [4.78, 5) is 15.3. The van der Waals surface area contributed by atoms with E-state index in [1.807, 2.05) is 24.3 Å². The summed E-state index contributed by atoms with van der Waals surface area (Å²) < 4.78 is 0. The predicted octanol–water partition coefficient (Wildman–Crippen LogP) is 1.22. The highest BCUT2D eigenvalue weighted by Gasteiger charge is 2.19. The van der Waals surface area contributed by atoms with Crippen LogP contribution in [0.25, 0.3) is 0 Å². The molecule has 0 fully saturated rings. The molecule has 3 N–H and O–H groups in total. The fourth-order valence-electron chi connectivity index (χ4n) is 1.47. The van der Waals surface area contributed by atoms with Crippen molar-refractivity contribution in [3.05, 3.63) is 29.8 Å². The van der Waals surface area contributed by atoms with Gasteiger partial charge in [-0.15, -0.1) is 11.8 Å². The standard InChI is InChI=1S/C11H13N3OS/c1-7(15)13-10-6-16-11(14-10)8-2-4-9(12)5-3-8/h2-5,10H,6,12H2,1H3,(H,13,15). The van der Waals surface area contributed by atoms with E-state index in [-0.39, 0.29) is 12.1 Å². The number of hydrogen-bond donors (Lipinski definition) is 2. The molecule has 1 heterocycles. The Morgan fingerprint density at radius 1 is 1.50 bits per heavy atom. The number of hydrogen-bond acceptors (Lipinski definition) is 4. The van der Waals surface area contributed by atoms with Crippen molar-refractivity contribution >= 4 is 28.4 Å². The summed E-state index contributed by atoms with van der Waals surface area (Å²) in [5.41, 5.74) is 7.40. The van der Waals surface area contributed by atoms with Crippen molar-refractivity contribution in [2.45, 2.75) is 13.1 Å². The SMILES string of the molecule is CC(=O)NC1CSC(c2ccc(N)cc2)=N1. The fourth-order valence-corrected chi connectivity index (χ4v) is 2.44. The van der Waals surface area contributed by atoms with Gasteiger partial charge in [-0.1, -0.05) is 12.1 Å². The van der Waals surface area contributed by atoms with Crippen molar-refractivity contribution in [1.29, 1.82) is 0 Å². The third-order valence-electron chi connectivity index (χ3n) is 2.18. The number of benzene rings is 1. The quantitative estimate of drug-likeness (QED) is 0.757. The summed E-state index contributed by atoms with van der Waals surface area (Å²) in [7, 11) is 0. The molecular formula is C11H13N3OS. The minimum Gasteiger partial charge on any atom is -0.399 e. The molecule has 0 bridgehead atoms. The summed E-state index contributed by atoms with van der Waals surface area (Å²) in [6.07, 6.45) is -0.102. The maximum Gasteiger partial charge on any atom is 0.218 e. The lowest BCUT2D eigenvalue weighted by Crippen LogP contribution is -2.31. The van der Waals surface area contributed by atoms with E-state index < -0.39 is 0 Å². The van der Waals surface area contributed by atoms with Crippen LogP contribution in [-0.4, -0.2) is 22.9 Å². The van der Waals surface area contributed by atoms with Gasteiger partial charge in [-0.2, -0.15) is 0 Å². The molecule has 1 aliphatic heterocycles. The Hall–Kier alpha value is -1.49. The summed E-state index contributed by atoms with van der Waals surface area (Å²) >= 11 is 1.65. The summed E-state index contributed by atoms with van der Waals surface area (Å²) in [5, 5.41) is 3.74. The van der Waals surface area contributed by atoms with Crippen LogP contribution in [0.1, 0.15) is 12.5 Å². The number of nitrogens with two attached hydrogens (primary N) is 1. The van der Waals surface area contributed by atoms with Gasteiger partial charge in [-0.3, -0.25) is 9.79 Å². The average Bonchev–Trinajstić information content (AvgIpc) is 2.66. The zero-order chi connectivity index (χ0) is 11.5. The lowest BCUT2D eigenvalue weighted by molar-refractivity contribution is -0.119. The summed E-state index contributed by atoms with van der Waals surface area (Å²) in [6, 6.07) is 7.59. The van der Waals surface area contributed by atoms with E-state index >= 15 is 0 Å². The number of nitrogens with zero attached hydrogens (tertiary/aromatic N) is 1. The first-order valence-corrected chi connectivity index (χ1v) is 5.97. The van der Waals surface area contributed by atoms with Crippen LogP contribution < -0.4 is 11.1 Å². The third kappa shape index (κ3) is 2.55. The largest absolute Gasteiger partial charge is 0.399 e. The molecule has 0 aliphatic carbocycles. The Balaban J connectivity index is 2.11. The number of thioether (sulfide) groups is 1. The number of nitrogen functional groups attached to an aromatic ring is 1. The monoisotopic (exact) mass is 235 g/mol.